The van der Waals surface area contributed by atoms with Crippen LogP contribution >= 0.6 is 0 Å². The number of hydrogen-bond donors (Lipinski definition) is 0. The first-order chi connectivity index (χ1) is 15.4. The molecule has 0 aliphatic carbocycles. The third-order valence-corrected chi connectivity index (χ3v) is 5.69. The summed E-state index contributed by atoms with van der Waals surface area (Å²) >= 11 is 0. The molecule has 3 heterocycles. The van der Waals surface area contributed by atoms with Gasteiger partial charge >= 0.3 is 0 Å². The van der Waals surface area contributed by atoms with Gasteiger partial charge in [0, 0.05) is 41.9 Å². The maximum absolute atomic E-state index is 14.5. The summed E-state index contributed by atoms with van der Waals surface area (Å²) in [6.45, 7) is 2.49. The summed E-state index contributed by atoms with van der Waals surface area (Å²) in [7, 11) is 1.58. The summed E-state index contributed by atoms with van der Waals surface area (Å²) in [4.78, 5) is 8.86. The summed E-state index contributed by atoms with van der Waals surface area (Å²) in [6.07, 6.45) is 4.77. The zero-order chi connectivity index (χ0) is 22.4. The molecule has 0 N–H and O–H groups in total. The molecule has 1 aliphatic heterocycles. The molecule has 0 saturated carbocycles. The van der Waals surface area contributed by atoms with Crippen molar-refractivity contribution in [3.63, 3.8) is 0 Å². The van der Waals surface area contributed by atoms with Gasteiger partial charge in [-0.25, -0.2) is 27.8 Å². The average Bonchev–Trinajstić information content (AvgIpc) is 3.39. The number of hydrogen-bond acceptors (Lipinski definition) is 4. The van der Waals surface area contributed by atoms with Crippen molar-refractivity contribution in [1.29, 1.82) is 0 Å². The highest BCUT2D eigenvalue weighted by Crippen LogP contribution is 2.37. The Morgan fingerprint density at radius 1 is 1.09 bits per heavy atom. The largest absolute Gasteiger partial charge is 0.495 e. The first-order valence-electron chi connectivity index (χ1n) is 10.2. The van der Waals surface area contributed by atoms with Gasteiger partial charge in [-0.05, 0) is 38.0 Å². The lowest BCUT2D eigenvalue weighted by molar-refractivity contribution is 0.413. The predicted octanol–water partition coefficient (Wildman–Crippen LogP) is 4.79. The number of aromatic nitrogens is 5. The van der Waals surface area contributed by atoms with E-state index in [0.29, 0.717) is 54.5 Å². The molecule has 1 aliphatic rings. The Morgan fingerprint density at radius 3 is 2.56 bits per heavy atom. The summed E-state index contributed by atoms with van der Waals surface area (Å²) in [5.41, 5.74) is 2.23. The second kappa shape index (κ2) is 7.81. The lowest BCUT2D eigenvalue weighted by atomic mass is 9.90. The van der Waals surface area contributed by atoms with E-state index in [0.717, 1.165) is 11.4 Å². The molecule has 0 fully saturated rings. The molecule has 2 aromatic carbocycles. The van der Waals surface area contributed by atoms with Crippen LogP contribution in [0.2, 0.25) is 0 Å². The molecule has 2 aromatic heterocycles. The monoisotopic (exact) mass is 439 g/mol. The summed E-state index contributed by atoms with van der Waals surface area (Å²) in [5, 5.41) is 4.57. The molecule has 1 unspecified atom stereocenters. The van der Waals surface area contributed by atoms with E-state index in [1.54, 1.807) is 18.1 Å². The Hall–Kier alpha value is -3.62. The molecule has 0 radical (unpaired) electrons. The van der Waals surface area contributed by atoms with E-state index in [1.807, 2.05) is 35.9 Å². The van der Waals surface area contributed by atoms with E-state index in [-0.39, 0.29) is 5.56 Å². The number of ether oxygens (including phenoxy) is 1. The molecule has 164 valence electrons. The fourth-order valence-corrected chi connectivity index (χ4v) is 4.22. The van der Waals surface area contributed by atoms with Crippen molar-refractivity contribution in [3.05, 3.63) is 77.4 Å². The predicted molar refractivity (Wildman–Crippen MR) is 111 cm³/mol. The highest BCUT2D eigenvalue weighted by Gasteiger charge is 2.31. The van der Waals surface area contributed by atoms with Gasteiger partial charge < -0.3 is 9.30 Å². The van der Waals surface area contributed by atoms with Gasteiger partial charge in [0.05, 0.1) is 24.8 Å². The Bertz CT molecular complexity index is 1290. The molecule has 0 bridgehead atoms. The van der Waals surface area contributed by atoms with Crippen LogP contribution in [0.4, 0.5) is 13.2 Å². The van der Waals surface area contributed by atoms with E-state index in [1.165, 1.54) is 0 Å². The van der Waals surface area contributed by atoms with Crippen molar-refractivity contribution in [2.75, 3.05) is 7.11 Å². The minimum absolute atomic E-state index is 0.172. The minimum atomic E-state index is -0.943. The second-order valence-electron chi connectivity index (χ2n) is 7.80. The molecule has 6 nitrogen and oxygen atoms in total. The zero-order valence-corrected chi connectivity index (χ0v) is 17.5. The number of fused-ring (bicyclic) bond motifs is 1. The van der Waals surface area contributed by atoms with Gasteiger partial charge in [0.2, 0.25) is 0 Å². The number of imidazole rings is 1. The minimum Gasteiger partial charge on any atom is -0.495 e. The molecule has 5 rings (SSSR count). The van der Waals surface area contributed by atoms with Crippen molar-refractivity contribution >= 4 is 0 Å². The Kier molecular flexibility index (Phi) is 4.96. The molecule has 1 atom stereocenters. The second-order valence-corrected chi connectivity index (χ2v) is 7.80. The van der Waals surface area contributed by atoms with Gasteiger partial charge in [0.15, 0.2) is 5.82 Å². The highest BCUT2D eigenvalue weighted by molar-refractivity contribution is 5.63. The van der Waals surface area contributed by atoms with Crippen molar-refractivity contribution in [2.24, 2.45) is 0 Å². The normalized spacial score (nSPS) is 15.6. The number of aryl methyl sites for hydroxylation is 2. The lowest BCUT2D eigenvalue weighted by Crippen LogP contribution is -2.20. The van der Waals surface area contributed by atoms with Crippen LogP contribution in [-0.2, 0) is 6.54 Å². The van der Waals surface area contributed by atoms with Crippen molar-refractivity contribution in [2.45, 2.75) is 32.2 Å². The fourth-order valence-electron chi connectivity index (χ4n) is 4.22. The van der Waals surface area contributed by atoms with E-state index in [9.17, 15) is 13.2 Å². The van der Waals surface area contributed by atoms with Crippen molar-refractivity contribution in [1.82, 2.24) is 24.3 Å². The SMILES string of the molecule is COc1cc(-c2nc3n(n2)CCCC3c2c(F)cc(F)cc2F)ccc1-n1cnc(C)c1. The zero-order valence-electron chi connectivity index (χ0n) is 17.5. The highest BCUT2D eigenvalue weighted by atomic mass is 19.1. The van der Waals surface area contributed by atoms with Gasteiger partial charge in [-0.2, -0.15) is 5.10 Å². The van der Waals surface area contributed by atoms with E-state index in [4.69, 9.17) is 4.74 Å². The molecular weight excluding hydrogens is 419 g/mol. The van der Waals surface area contributed by atoms with Gasteiger partial charge in [-0.1, -0.05) is 0 Å². The molecular formula is C23H20F3N5O. The fraction of sp³-hybridized carbons (Fsp3) is 0.261. The van der Waals surface area contributed by atoms with Gasteiger partial charge in [0.1, 0.15) is 29.0 Å². The molecule has 0 amide bonds. The van der Waals surface area contributed by atoms with E-state index >= 15 is 0 Å². The Morgan fingerprint density at radius 2 is 1.88 bits per heavy atom. The van der Waals surface area contributed by atoms with E-state index in [2.05, 4.69) is 15.1 Å². The van der Waals surface area contributed by atoms with Crippen LogP contribution in [0.3, 0.4) is 0 Å². The van der Waals surface area contributed by atoms with Gasteiger partial charge in [0.25, 0.3) is 0 Å². The Balaban J connectivity index is 1.55. The van der Waals surface area contributed by atoms with Crippen LogP contribution in [0.1, 0.15) is 35.8 Å². The van der Waals surface area contributed by atoms with Crippen LogP contribution in [0.25, 0.3) is 17.1 Å². The lowest BCUT2D eigenvalue weighted by Gasteiger charge is -2.23. The molecule has 0 spiro atoms. The van der Waals surface area contributed by atoms with Crippen LogP contribution in [0.5, 0.6) is 5.75 Å². The summed E-state index contributed by atoms with van der Waals surface area (Å²) < 4.78 is 51.4. The number of rotatable bonds is 4. The molecule has 32 heavy (non-hydrogen) atoms. The number of methoxy groups -OCH3 is 1. The number of nitrogens with zero attached hydrogens (tertiary/aromatic N) is 5. The molecule has 4 aromatic rings. The topological polar surface area (TPSA) is 57.8 Å². The van der Waals surface area contributed by atoms with Crippen molar-refractivity contribution in [3.8, 4) is 22.8 Å². The summed E-state index contributed by atoms with van der Waals surface area (Å²) in [6, 6.07) is 6.97. The first-order valence-corrected chi connectivity index (χ1v) is 10.2. The number of halogens is 3. The van der Waals surface area contributed by atoms with Crippen LogP contribution in [0.15, 0.2) is 42.9 Å². The number of benzene rings is 2. The van der Waals surface area contributed by atoms with Crippen molar-refractivity contribution < 1.29 is 17.9 Å². The maximum atomic E-state index is 14.5. The molecule has 0 saturated heterocycles. The smallest absolute Gasteiger partial charge is 0.181 e. The molecule has 9 heteroatoms. The average molecular weight is 439 g/mol. The summed E-state index contributed by atoms with van der Waals surface area (Å²) in [5.74, 6) is -1.90. The van der Waals surface area contributed by atoms with Crippen LogP contribution in [0, 0.1) is 24.4 Å². The quantitative estimate of drug-likeness (QED) is 0.459. The maximum Gasteiger partial charge on any atom is 0.181 e. The van der Waals surface area contributed by atoms with Gasteiger partial charge in [-0.15, -0.1) is 0 Å². The third kappa shape index (κ3) is 3.43. The first kappa shape index (κ1) is 20.3. The van der Waals surface area contributed by atoms with Gasteiger partial charge in [-0.3, -0.25) is 0 Å². The third-order valence-electron chi connectivity index (χ3n) is 5.69. The van der Waals surface area contributed by atoms with Crippen LogP contribution in [-0.4, -0.2) is 31.4 Å². The Labute approximate surface area is 182 Å². The van der Waals surface area contributed by atoms with E-state index < -0.39 is 23.4 Å². The van der Waals surface area contributed by atoms with Crippen LogP contribution < -0.4 is 4.74 Å². The standard InChI is InChI=1S/C23H20F3N5O/c1-13-11-30(12-27-13)19-6-5-14(8-20(19)32-2)22-28-23-16(4-3-7-31(23)29-22)21-17(25)9-15(24)10-18(21)26/h5-6,8-12,16H,3-4,7H2,1-2H3.